The lowest BCUT2D eigenvalue weighted by atomic mass is 10.3. The molecule has 0 spiro atoms. The first-order valence-corrected chi connectivity index (χ1v) is 8.40. The summed E-state index contributed by atoms with van der Waals surface area (Å²) in [6.07, 6.45) is 0. The van der Waals surface area contributed by atoms with E-state index in [4.69, 9.17) is 4.52 Å². The zero-order valence-corrected chi connectivity index (χ0v) is 13.7. The van der Waals surface area contributed by atoms with Gasteiger partial charge in [0.1, 0.15) is 0 Å². The Morgan fingerprint density at radius 2 is 2.23 bits per heavy atom. The van der Waals surface area contributed by atoms with Gasteiger partial charge in [-0.05, 0) is 26.0 Å². The lowest BCUT2D eigenvalue weighted by molar-refractivity contribution is -0.120. The van der Waals surface area contributed by atoms with Crippen molar-refractivity contribution in [2.75, 3.05) is 0 Å². The van der Waals surface area contributed by atoms with E-state index >= 15 is 0 Å². The zero-order chi connectivity index (χ0) is 15.5. The number of fused-ring (bicyclic) bond motifs is 1. The molecule has 8 heteroatoms. The van der Waals surface area contributed by atoms with Gasteiger partial charge in [-0.1, -0.05) is 29.1 Å². The quantitative estimate of drug-likeness (QED) is 0.723. The molecular weight excluding hydrogens is 320 g/mol. The van der Waals surface area contributed by atoms with Crippen LogP contribution in [0.5, 0.6) is 0 Å². The molecule has 0 fully saturated rings. The summed E-state index contributed by atoms with van der Waals surface area (Å²) in [5.41, 5.74) is 0.962. The molecule has 0 saturated heterocycles. The average molecular weight is 334 g/mol. The van der Waals surface area contributed by atoms with Gasteiger partial charge in [0, 0.05) is 0 Å². The fourth-order valence-corrected chi connectivity index (χ4v) is 4.06. The van der Waals surface area contributed by atoms with Gasteiger partial charge in [0.05, 0.1) is 22.0 Å². The summed E-state index contributed by atoms with van der Waals surface area (Å²) in [6.45, 7) is 3.83. The number of hydrogen-bond acceptors (Lipinski definition) is 7. The second-order valence-electron chi connectivity index (χ2n) is 4.66. The number of hydrogen-bond donors (Lipinski definition) is 1. The van der Waals surface area contributed by atoms with Crippen molar-refractivity contribution in [3.8, 4) is 0 Å². The van der Waals surface area contributed by atoms with Crippen LogP contribution in [0.3, 0.4) is 0 Å². The van der Waals surface area contributed by atoms with Crippen molar-refractivity contribution in [1.29, 1.82) is 0 Å². The van der Waals surface area contributed by atoms with Gasteiger partial charge in [-0.15, -0.1) is 11.3 Å². The lowest BCUT2D eigenvalue weighted by Crippen LogP contribution is -2.30. The summed E-state index contributed by atoms with van der Waals surface area (Å²) in [5, 5.41) is 6.22. The predicted octanol–water partition coefficient (Wildman–Crippen LogP) is 2.78. The molecule has 22 heavy (non-hydrogen) atoms. The molecule has 1 atom stereocenters. The first-order chi connectivity index (χ1) is 10.6. The summed E-state index contributed by atoms with van der Waals surface area (Å²) in [6, 6.07) is 7.94. The Balaban J connectivity index is 1.58. The van der Waals surface area contributed by atoms with Crippen LogP contribution in [0.4, 0.5) is 0 Å². The number of aryl methyl sites for hydroxylation is 1. The van der Waals surface area contributed by atoms with Crippen molar-refractivity contribution < 1.29 is 9.32 Å². The van der Waals surface area contributed by atoms with Crippen molar-refractivity contribution in [2.45, 2.75) is 30.0 Å². The number of amides is 1. The number of thiazole rings is 1. The van der Waals surface area contributed by atoms with Crippen molar-refractivity contribution in [1.82, 2.24) is 20.4 Å². The number of benzene rings is 1. The lowest BCUT2D eigenvalue weighted by Gasteiger charge is -2.08. The highest BCUT2D eigenvalue weighted by molar-refractivity contribution is 8.02. The molecular formula is C14H14N4O2S2. The maximum Gasteiger partial charge on any atom is 0.246 e. The van der Waals surface area contributed by atoms with Gasteiger partial charge in [-0.3, -0.25) is 4.79 Å². The maximum absolute atomic E-state index is 12.1. The van der Waals surface area contributed by atoms with E-state index in [1.165, 1.54) is 11.8 Å². The first kappa shape index (κ1) is 15.0. The van der Waals surface area contributed by atoms with Crippen LogP contribution in [0, 0.1) is 6.92 Å². The number of carbonyl (C=O) groups is 1. The molecule has 1 amide bonds. The van der Waals surface area contributed by atoms with E-state index in [1.807, 2.05) is 31.2 Å². The number of thioether (sulfide) groups is 1. The minimum absolute atomic E-state index is 0.0832. The van der Waals surface area contributed by atoms with Crippen LogP contribution in [0.15, 0.2) is 33.1 Å². The Morgan fingerprint density at radius 3 is 2.95 bits per heavy atom. The molecule has 0 aliphatic carbocycles. The monoisotopic (exact) mass is 334 g/mol. The minimum atomic E-state index is -0.246. The number of para-hydroxylation sites is 1. The molecule has 6 nitrogen and oxygen atoms in total. The Morgan fingerprint density at radius 1 is 1.41 bits per heavy atom. The molecule has 114 valence electrons. The molecule has 0 aliphatic heterocycles. The molecule has 2 heterocycles. The fourth-order valence-electron chi connectivity index (χ4n) is 1.82. The SMILES string of the molecule is Cc1noc(CNC(=O)[C@@H](C)Sc2nc3ccccc3s2)n1. The predicted molar refractivity (Wildman–Crippen MR) is 85.8 cm³/mol. The molecule has 2 aromatic heterocycles. The van der Waals surface area contributed by atoms with Gasteiger partial charge in [0.2, 0.25) is 11.8 Å². The van der Waals surface area contributed by atoms with E-state index in [1.54, 1.807) is 18.3 Å². The van der Waals surface area contributed by atoms with Crippen LogP contribution >= 0.6 is 23.1 Å². The number of rotatable bonds is 5. The van der Waals surface area contributed by atoms with Crippen molar-refractivity contribution in [3.63, 3.8) is 0 Å². The van der Waals surface area contributed by atoms with Gasteiger partial charge < -0.3 is 9.84 Å². The largest absolute Gasteiger partial charge is 0.346 e. The molecule has 0 unspecified atom stereocenters. The highest BCUT2D eigenvalue weighted by Gasteiger charge is 2.17. The van der Waals surface area contributed by atoms with E-state index in [0.717, 1.165) is 14.6 Å². The Kier molecular flexibility index (Phi) is 4.39. The summed E-state index contributed by atoms with van der Waals surface area (Å²) < 4.78 is 6.97. The Labute approximate surface area is 135 Å². The van der Waals surface area contributed by atoms with Crippen LogP contribution in [0.25, 0.3) is 10.2 Å². The van der Waals surface area contributed by atoms with Crippen LogP contribution in [-0.4, -0.2) is 26.3 Å². The number of carbonyl (C=O) groups excluding carboxylic acids is 1. The topological polar surface area (TPSA) is 80.9 Å². The highest BCUT2D eigenvalue weighted by atomic mass is 32.2. The van der Waals surface area contributed by atoms with E-state index in [-0.39, 0.29) is 17.7 Å². The van der Waals surface area contributed by atoms with Crippen molar-refractivity contribution in [3.05, 3.63) is 36.0 Å². The van der Waals surface area contributed by atoms with Gasteiger partial charge in [-0.2, -0.15) is 4.98 Å². The maximum atomic E-state index is 12.1. The third-order valence-electron chi connectivity index (χ3n) is 2.90. The van der Waals surface area contributed by atoms with Gasteiger partial charge in [-0.25, -0.2) is 4.98 Å². The van der Waals surface area contributed by atoms with Crippen LogP contribution in [-0.2, 0) is 11.3 Å². The zero-order valence-electron chi connectivity index (χ0n) is 12.1. The Bertz CT molecular complexity index is 766. The summed E-state index contributed by atoms with van der Waals surface area (Å²) >= 11 is 3.04. The molecule has 3 rings (SSSR count). The van der Waals surface area contributed by atoms with Crippen LogP contribution < -0.4 is 5.32 Å². The van der Waals surface area contributed by atoms with Crippen LogP contribution in [0.1, 0.15) is 18.6 Å². The van der Waals surface area contributed by atoms with Gasteiger partial charge in [0.15, 0.2) is 10.2 Å². The number of aromatic nitrogens is 3. The summed E-state index contributed by atoms with van der Waals surface area (Å²) in [7, 11) is 0. The fraction of sp³-hybridized carbons (Fsp3) is 0.286. The minimum Gasteiger partial charge on any atom is -0.346 e. The second-order valence-corrected chi connectivity index (χ2v) is 7.28. The standard InChI is InChI=1S/C14H14N4O2S2/c1-8(13(19)15-7-12-16-9(2)18-20-12)21-14-17-10-5-3-4-6-11(10)22-14/h3-6,8H,7H2,1-2H3,(H,15,19)/t8-/m1/s1. The van der Waals surface area contributed by atoms with Crippen molar-refractivity contribution in [2.24, 2.45) is 0 Å². The average Bonchev–Trinajstić information content (AvgIpc) is 3.09. The summed E-state index contributed by atoms with van der Waals surface area (Å²) in [4.78, 5) is 20.7. The number of nitrogens with one attached hydrogen (secondary N) is 1. The molecule has 3 aromatic rings. The third-order valence-corrected chi connectivity index (χ3v) is 5.13. The molecule has 1 aromatic carbocycles. The van der Waals surface area contributed by atoms with E-state index in [2.05, 4.69) is 20.4 Å². The van der Waals surface area contributed by atoms with Gasteiger partial charge >= 0.3 is 0 Å². The van der Waals surface area contributed by atoms with Gasteiger partial charge in [0.25, 0.3) is 0 Å². The first-order valence-electron chi connectivity index (χ1n) is 6.71. The highest BCUT2D eigenvalue weighted by Crippen LogP contribution is 2.31. The summed E-state index contributed by atoms with van der Waals surface area (Å²) in [5.74, 6) is 0.879. The second kappa shape index (κ2) is 6.45. The Hall–Kier alpha value is -1.93. The van der Waals surface area contributed by atoms with Crippen LogP contribution in [0.2, 0.25) is 0 Å². The molecule has 0 saturated carbocycles. The van der Waals surface area contributed by atoms with E-state index in [0.29, 0.717) is 11.7 Å². The number of nitrogens with zero attached hydrogens (tertiary/aromatic N) is 3. The van der Waals surface area contributed by atoms with E-state index in [9.17, 15) is 4.79 Å². The van der Waals surface area contributed by atoms with Crippen molar-refractivity contribution >= 4 is 39.2 Å². The molecule has 0 radical (unpaired) electrons. The molecule has 0 bridgehead atoms. The third kappa shape index (κ3) is 3.45. The molecule has 1 N–H and O–H groups in total. The normalized spacial score (nSPS) is 12.5. The molecule has 0 aliphatic rings. The van der Waals surface area contributed by atoms with E-state index < -0.39 is 0 Å². The smallest absolute Gasteiger partial charge is 0.246 e.